The molecule has 0 saturated carbocycles. The van der Waals surface area contributed by atoms with Crippen LogP contribution in [0.4, 0.5) is 0 Å². The van der Waals surface area contributed by atoms with Crippen molar-refractivity contribution in [2.75, 3.05) is 5.75 Å². The zero-order valence-corrected chi connectivity index (χ0v) is 7.82. The first-order chi connectivity index (χ1) is 6.33. The molecule has 0 aromatic carbocycles. The molecule has 0 unspecified atom stereocenters. The SMILES string of the molecule is O=c1n(CCS)nc2ccccn12. The Morgan fingerprint density at radius 3 is 3.00 bits per heavy atom. The van der Waals surface area contributed by atoms with E-state index in [1.54, 1.807) is 18.3 Å². The zero-order valence-electron chi connectivity index (χ0n) is 6.92. The van der Waals surface area contributed by atoms with Gasteiger partial charge < -0.3 is 0 Å². The van der Waals surface area contributed by atoms with Gasteiger partial charge in [0.2, 0.25) is 0 Å². The van der Waals surface area contributed by atoms with E-state index in [-0.39, 0.29) is 5.69 Å². The monoisotopic (exact) mass is 195 g/mol. The highest BCUT2D eigenvalue weighted by molar-refractivity contribution is 7.80. The second kappa shape index (κ2) is 3.26. The van der Waals surface area contributed by atoms with Gasteiger partial charge in [0, 0.05) is 11.9 Å². The largest absolute Gasteiger partial charge is 0.350 e. The second-order valence-corrected chi connectivity index (χ2v) is 3.11. The molecule has 0 aliphatic heterocycles. The van der Waals surface area contributed by atoms with Gasteiger partial charge in [0.25, 0.3) is 0 Å². The maximum atomic E-state index is 11.5. The van der Waals surface area contributed by atoms with Gasteiger partial charge in [0.05, 0.1) is 6.54 Å². The summed E-state index contributed by atoms with van der Waals surface area (Å²) in [4.78, 5) is 11.5. The Morgan fingerprint density at radius 1 is 1.46 bits per heavy atom. The number of aryl methyl sites for hydroxylation is 1. The Morgan fingerprint density at radius 2 is 2.31 bits per heavy atom. The van der Waals surface area contributed by atoms with Gasteiger partial charge in [-0.2, -0.15) is 12.6 Å². The van der Waals surface area contributed by atoms with Crippen molar-refractivity contribution < 1.29 is 0 Å². The fourth-order valence-corrected chi connectivity index (χ4v) is 1.40. The highest BCUT2D eigenvalue weighted by atomic mass is 32.1. The van der Waals surface area contributed by atoms with Gasteiger partial charge >= 0.3 is 5.69 Å². The van der Waals surface area contributed by atoms with Crippen LogP contribution >= 0.6 is 12.6 Å². The Bertz CT molecular complexity index is 473. The zero-order chi connectivity index (χ0) is 9.26. The van der Waals surface area contributed by atoms with Gasteiger partial charge in [-0.15, -0.1) is 5.10 Å². The first-order valence-corrected chi connectivity index (χ1v) is 4.61. The third-order valence-electron chi connectivity index (χ3n) is 1.80. The second-order valence-electron chi connectivity index (χ2n) is 2.66. The molecule has 0 bridgehead atoms. The van der Waals surface area contributed by atoms with Gasteiger partial charge in [-0.1, -0.05) is 6.07 Å². The summed E-state index contributed by atoms with van der Waals surface area (Å²) in [6.07, 6.45) is 1.71. The number of hydrogen-bond donors (Lipinski definition) is 1. The van der Waals surface area contributed by atoms with Crippen LogP contribution in [0, 0.1) is 0 Å². The van der Waals surface area contributed by atoms with Crippen molar-refractivity contribution in [3.05, 3.63) is 34.9 Å². The van der Waals surface area contributed by atoms with Crippen molar-refractivity contribution in [2.45, 2.75) is 6.54 Å². The van der Waals surface area contributed by atoms with E-state index in [0.717, 1.165) is 0 Å². The van der Waals surface area contributed by atoms with E-state index < -0.39 is 0 Å². The Kier molecular flexibility index (Phi) is 2.10. The number of hydrogen-bond acceptors (Lipinski definition) is 3. The predicted molar refractivity (Wildman–Crippen MR) is 53.3 cm³/mol. The smallest absolute Gasteiger partial charge is 0.250 e. The van der Waals surface area contributed by atoms with Gasteiger partial charge in [-0.3, -0.25) is 4.40 Å². The number of rotatable bonds is 2. The minimum absolute atomic E-state index is 0.107. The van der Waals surface area contributed by atoms with Crippen molar-refractivity contribution in [3.8, 4) is 0 Å². The van der Waals surface area contributed by atoms with E-state index in [9.17, 15) is 4.79 Å². The lowest BCUT2D eigenvalue weighted by atomic mass is 10.5. The number of pyridine rings is 1. The molecule has 0 fully saturated rings. The summed E-state index contributed by atoms with van der Waals surface area (Å²) >= 11 is 4.05. The molecule has 13 heavy (non-hydrogen) atoms. The molecule has 0 atom stereocenters. The molecule has 0 spiro atoms. The number of nitrogens with zero attached hydrogens (tertiary/aromatic N) is 3. The van der Waals surface area contributed by atoms with Crippen LogP contribution in [0.3, 0.4) is 0 Å². The van der Waals surface area contributed by atoms with E-state index in [4.69, 9.17) is 0 Å². The number of fused-ring (bicyclic) bond motifs is 1. The topological polar surface area (TPSA) is 39.3 Å². The average Bonchev–Trinajstić information content (AvgIpc) is 2.46. The lowest BCUT2D eigenvalue weighted by molar-refractivity contribution is 0.640. The summed E-state index contributed by atoms with van der Waals surface area (Å²) in [6, 6.07) is 5.46. The van der Waals surface area contributed by atoms with Crippen molar-refractivity contribution in [2.24, 2.45) is 0 Å². The Hall–Kier alpha value is -1.23. The lowest BCUT2D eigenvalue weighted by Crippen LogP contribution is -2.21. The van der Waals surface area contributed by atoms with Crippen molar-refractivity contribution in [1.29, 1.82) is 0 Å². The lowest BCUT2D eigenvalue weighted by Gasteiger charge is -1.90. The van der Waals surface area contributed by atoms with Crippen LogP contribution in [-0.4, -0.2) is 19.9 Å². The summed E-state index contributed by atoms with van der Waals surface area (Å²) in [7, 11) is 0. The molecule has 2 aromatic heterocycles. The molecule has 0 N–H and O–H groups in total. The average molecular weight is 195 g/mol. The van der Waals surface area contributed by atoms with E-state index in [1.807, 2.05) is 6.07 Å². The highest BCUT2D eigenvalue weighted by Crippen LogP contribution is 1.94. The van der Waals surface area contributed by atoms with Gasteiger partial charge in [0.1, 0.15) is 0 Å². The summed E-state index contributed by atoms with van der Waals surface area (Å²) in [5.74, 6) is 0.615. The third-order valence-corrected chi connectivity index (χ3v) is 2.00. The van der Waals surface area contributed by atoms with Crippen LogP contribution in [0.25, 0.3) is 5.65 Å². The minimum Gasteiger partial charge on any atom is -0.250 e. The van der Waals surface area contributed by atoms with Crippen LogP contribution in [0.5, 0.6) is 0 Å². The van der Waals surface area contributed by atoms with Crippen LogP contribution < -0.4 is 5.69 Å². The van der Waals surface area contributed by atoms with E-state index >= 15 is 0 Å². The fourth-order valence-electron chi connectivity index (χ4n) is 1.21. The molecule has 4 nitrogen and oxygen atoms in total. The number of aromatic nitrogens is 3. The van der Waals surface area contributed by atoms with Crippen LogP contribution in [-0.2, 0) is 6.54 Å². The highest BCUT2D eigenvalue weighted by Gasteiger charge is 2.03. The molecular formula is C8H9N3OS. The van der Waals surface area contributed by atoms with Gasteiger partial charge in [-0.05, 0) is 12.1 Å². The molecular weight excluding hydrogens is 186 g/mol. The molecule has 0 aliphatic carbocycles. The summed E-state index contributed by atoms with van der Waals surface area (Å²) in [6.45, 7) is 0.545. The van der Waals surface area contributed by atoms with E-state index in [2.05, 4.69) is 17.7 Å². The molecule has 2 aromatic rings. The Balaban J connectivity index is 2.67. The molecule has 0 saturated heterocycles. The van der Waals surface area contributed by atoms with Crippen molar-refractivity contribution >= 4 is 18.3 Å². The van der Waals surface area contributed by atoms with Crippen LogP contribution in [0.15, 0.2) is 29.2 Å². The summed E-state index contributed by atoms with van der Waals surface area (Å²) in [5, 5.41) is 4.12. The molecule has 0 aliphatic rings. The minimum atomic E-state index is -0.107. The molecule has 2 rings (SSSR count). The maximum Gasteiger partial charge on any atom is 0.350 e. The molecule has 68 valence electrons. The first kappa shape index (κ1) is 8.37. The van der Waals surface area contributed by atoms with Crippen LogP contribution in [0.2, 0.25) is 0 Å². The third kappa shape index (κ3) is 1.35. The van der Waals surface area contributed by atoms with Crippen molar-refractivity contribution in [1.82, 2.24) is 14.2 Å². The first-order valence-electron chi connectivity index (χ1n) is 3.98. The van der Waals surface area contributed by atoms with Gasteiger partial charge in [0.15, 0.2) is 5.65 Å². The summed E-state index contributed by atoms with van der Waals surface area (Å²) < 4.78 is 2.94. The van der Waals surface area contributed by atoms with Crippen molar-refractivity contribution in [3.63, 3.8) is 0 Å². The normalized spacial score (nSPS) is 10.8. The van der Waals surface area contributed by atoms with Gasteiger partial charge in [-0.25, -0.2) is 9.48 Å². The van der Waals surface area contributed by atoms with E-state index in [1.165, 1.54) is 9.08 Å². The quantitative estimate of drug-likeness (QED) is 0.706. The maximum absolute atomic E-state index is 11.5. The number of thiol groups is 1. The molecule has 0 radical (unpaired) electrons. The summed E-state index contributed by atoms with van der Waals surface area (Å²) in [5.41, 5.74) is 0.568. The molecule has 2 heterocycles. The molecule has 5 heteroatoms. The standard InChI is InChI=1S/C8H9N3OS/c12-8-10-4-2-1-3-7(10)9-11(8)5-6-13/h1-4,13H,5-6H2. The predicted octanol–water partition coefficient (Wildman–Crippen LogP) is 0.426. The Labute approximate surface area is 80.2 Å². The van der Waals surface area contributed by atoms with E-state index in [0.29, 0.717) is 17.9 Å². The molecule has 0 amide bonds. The fraction of sp³-hybridized carbons (Fsp3) is 0.250. The van der Waals surface area contributed by atoms with Crippen LogP contribution in [0.1, 0.15) is 0 Å².